The molecule has 2 rings (SSSR count). The van der Waals surface area contributed by atoms with Crippen molar-refractivity contribution in [1.82, 2.24) is 9.97 Å². The molecule has 0 aromatic carbocycles. The molecule has 1 aliphatic rings. The minimum Gasteiger partial charge on any atom is -0.490 e. The van der Waals surface area contributed by atoms with E-state index in [1.165, 1.54) is 24.9 Å². The van der Waals surface area contributed by atoms with Crippen LogP contribution >= 0.6 is 23.4 Å². The van der Waals surface area contributed by atoms with Crippen molar-refractivity contribution >= 4 is 29.2 Å². The fraction of sp³-hybridized carbons (Fsp3) is 0.600. The zero-order chi connectivity index (χ0) is 11.4. The fourth-order valence-electron chi connectivity index (χ4n) is 1.67. The molecule has 1 atom stereocenters. The van der Waals surface area contributed by atoms with Crippen LogP contribution in [0.1, 0.15) is 12.8 Å². The first-order valence-corrected chi connectivity index (χ1v) is 6.64. The first-order valence-electron chi connectivity index (χ1n) is 5.21. The number of nitrogens with zero attached hydrogens (tertiary/aromatic N) is 2. The summed E-state index contributed by atoms with van der Waals surface area (Å²) < 4.78 is 5.17. The first kappa shape index (κ1) is 11.8. The van der Waals surface area contributed by atoms with Gasteiger partial charge in [-0.25, -0.2) is 9.97 Å². The third-order valence-electron chi connectivity index (χ3n) is 2.49. The average Bonchev–Trinajstić information content (AvgIpc) is 2.79. The van der Waals surface area contributed by atoms with E-state index >= 15 is 0 Å². The number of rotatable bonds is 4. The Morgan fingerprint density at radius 3 is 3.19 bits per heavy atom. The topological polar surface area (TPSA) is 47.0 Å². The lowest BCUT2D eigenvalue weighted by atomic mass is 10.2. The molecule has 6 heteroatoms. The van der Waals surface area contributed by atoms with Gasteiger partial charge < -0.3 is 10.1 Å². The third kappa shape index (κ3) is 2.71. The number of thioether (sulfide) groups is 1. The quantitative estimate of drug-likeness (QED) is 0.842. The summed E-state index contributed by atoms with van der Waals surface area (Å²) in [4.78, 5) is 8.00. The Hall–Kier alpha value is -0.680. The van der Waals surface area contributed by atoms with Crippen molar-refractivity contribution in [2.45, 2.75) is 18.1 Å². The van der Waals surface area contributed by atoms with Crippen LogP contribution in [0.25, 0.3) is 0 Å². The number of nitrogens with one attached hydrogen (secondary N) is 1. The van der Waals surface area contributed by atoms with Gasteiger partial charge in [-0.1, -0.05) is 11.6 Å². The molecule has 4 nitrogen and oxygen atoms in total. The molecule has 0 aliphatic carbocycles. The molecule has 88 valence electrons. The molecule has 16 heavy (non-hydrogen) atoms. The Bertz CT molecular complexity index is 358. The second-order valence-corrected chi connectivity index (χ2v) is 5.33. The van der Waals surface area contributed by atoms with E-state index in [-0.39, 0.29) is 0 Å². The molecule has 2 heterocycles. The molecule has 1 aliphatic heterocycles. The number of ether oxygens (including phenoxy) is 1. The van der Waals surface area contributed by atoms with E-state index in [1.807, 2.05) is 11.8 Å². The highest BCUT2D eigenvalue weighted by molar-refractivity contribution is 8.00. The number of hydrogen-bond donors (Lipinski definition) is 1. The number of methoxy groups -OCH3 is 1. The summed E-state index contributed by atoms with van der Waals surface area (Å²) in [5.41, 5.74) is 0. The van der Waals surface area contributed by atoms with Gasteiger partial charge in [0.2, 0.25) is 0 Å². The summed E-state index contributed by atoms with van der Waals surface area (Å²) in [5, 5.41) is 4.28. The van der Waals surface area contributed by atoms with Gasteiger partial charge >= 0.3 is 0 Å². The Balaban J connectivity index is 2.00. The van der Waals surface area contributed by atoms with Crippen molar-refractivity contribution in [3.63, 3.8) is 0 Å². The highest BCUT2D eigenvalue weighted by Gasteiger charge is 2.17. The van der Waals surface area contributed by atoms with E-state index in [4.69, 9.17) is 16.3 Å². The minimum atomic E-state index is 0.346. The van der Waals surface area contributed by atoms with E-state index in [0.29, 0.717) is 22.0 Å². The summed E-state index contributed by atoms with van der Waals surface area (Å²) in [6.07, 6.45) is 4.01. The molecule has 1 aromatic rings. The van der Waals surface area contributed by atoms with E-state index in [9.17, 15) is 0 Å². The van der Waals surface area contributed by atoms with E-state index in [2.05, 4.69) is 15.3 Å². The fourth-order valence-corrected chi connectivity index (χ4v) is 3.09. The van der Waals surface area contributed by atoms with Crippen molar-refractivity contribution in [2.75, 3.05) is 24.7 Å². The van der Waals surface area contributed by atoms with Gasteiger partial charge in [0.15, 0.2) is 16.7 Å². The smallest absolute Gasteiger partial charge is 0.198 e. The van der Waals surface area contributed by atoms with Crippen LogP contribution < -0.4 is 10.1 Å². The SMILES string of the molecule is COc1c(Cl)ncnc1NCC1CCCS1. The summed E-state index contributed by atoms with van der Waals surface area (Å²) >= 11 is 7.90. The van der Waals surface area contributed by atoms with Gasteiger partial charge in [0.05, 0.1) is 7.11 Å². The molecule has 1 aromatic heterocycles. The van der Waals surface area contributed by atoms with Crippen LogP contribution in [0.5, 0.6) is 5.75 Å². The largest absolute Gasteiger partial charge is 0.490 e. The van der Waals surface area contributed by atoms with Crippen LogP contribution in [-0.4, -0.2) is 34.6 Å². The molecule has 0 radical (unpaired) electrons. The molecule has 1 saturated heterocycles. The Morgan fingerprint density at radius 1 is 1.62 bits per heavy atom. The van der Waals surface area contributed by atoms with E-state index in [0.717, 1.165) is 6.54 Å². The van der Waals surface area contributed by atoms with Gasteiger partial charge in [-0.2, -0.15) is 11.8 Å². The van der Waals surface area contributed by atoms with Crippen LogP contribution in [-0.2, 0) is 0 Å². The summed E-state index contributed by atoms with van der Waals surface area (Å²) in [5.74, 6) is 2.45. The molecule has 0 saturated carbocycles. The molecule has 0 amide bonds. The number of hydrogen-bond acceptors (Lipinski definition) is 5. The predicted octanol–water partition coefficient (Wildman–Crippen LogP) is 2.45. The second-order valence-electron chi connectivity index (χ2n) is 3.56. The van der Waals surface area contributed by atoms with Crippen LogP contribution in [0.3, 0.4) is 0 Å². The summed E-state index contributed by atoms with van der Waals surface area (Å²) in [7, 11) is 1.57. The van der Waals surface area contributed by atoms with Crippen molar-refractivity contribution in [3.8, 4) is 5.75 Å². The van der Waals surface area contributed by atoms with Crippen molar-refractivity contribution in [2.24, 2.45) is 0 Å². The Labute approximate surface area is 104 Å². The van der Waals surface area contributed by atoms with Crippen LogP contribution in [0, 0.1) is 0 Å². The maximum Gasteiger partial charge on any atom is 0.198 e. The normalized spacial score (nSPS) is 19.8. The minimum absolute atomic E-state index is 0.346. The molecular weight excluding hydrogens is 246 g/mol. The van der Waals surface area contributed by atoms with E-state index < -0.39 is 0 Å². The highest BCUT2D eigenvalue weighted by Crippen LogP contribution is 2.30. The molecular formula is C10H14ClN3OS. The molecule has 1 unspecified atom stereocenters. The Morgan fingerprint density at radius 2 is 2.50 bits per heavy atom. The third-order valence-corrected chi connectivity index (χ3v) is 4.15. The van der Waals surface area contributed by atoms with Gasteiger partial charge in [0, 0.05) is 11.8 Å². The maximum atomic E-state index is 5.90. The summed E-state index contributed by atoms with van der Waals surface area (Å²) in [6, 6.07) is 0. The van der Waals surface area contributed by atoms with Crippen LogP contribution in [0.4, 0.5) is 5.82 Å². The monoisotopic (exact) mass is 259 g/mol. The molecule has 1 N–H and O–H groups in total. The number of halogens is 1. The van der Waals surface area contributed by atoms with Gasteiger partial charge in [-0.3, -0.25) is 0 Å². The highest BCUT2D eigenvalue weighted by atomic mass is 35.5. The lowest BCUT2D eigenvalue weighted by molar-refractivity contribution is 0.413. The first-order chi connectivity index (χ1) is 7.81. The standard InChI is InChI=1S/C10H14ClN3OS/c1-15-8-9(11)13-6-14-10(8)12-5-7-3-2-4-16-7/h6-7H,2-5H2,1H3,(H,12,13,14). The van der Waals surface area contributed by atoms with Gasteiger partial charge in [-0.05, 0) is 18.6 Å². The van der Waals surface area contributed by atoms with Crippen LogP contribution in [0.15, 0.2) is 6.33 Å². The van der Waals surface area contributed by atoms with Gasteiger partial charge in [-0.15, -0.1) is 0 Å². The van der Waals surface area contributed by atoms with E-state index in [1.54, 1.807) is 7.11 Å². The van der Waals surface area contributed by atoms with Gasteiger partial charge in [0.1, 0.15) is 6.33 Å². The number of aromatic nitrogens is 2. The van der Waals surface area contributed by atoms with Crippen molar-refractivity contribution < 1.29 is 4.74 Å². The lowest BCUT2D eigenvalue weighted by Crippen LogP contribution is -2.15. The zero-order valence-electron chi connectivity index (χ0n) is 9.07. The van der Waals surface area contributed by atoms with Crippen LogP contribution in [0.2, 0.25) is 5.15 Å². The lowest BCUT2D eigenvalue weighted by Gasteiger charge is -2.13. The average molecular weight is 260 g/mol. The predicted molar refractivity (Wildman–Crippen MR) is 67.6 cm³/mol. The van der Waals surface area contributed by atoms with Crippen molar-refractivity contribution in [3.05, 3.63) is 11.5 Å². The number of anilines is 1. The van der Waals surface area contributed by atoms with Gasteiger partial charge in [0.25, 0.3) is 0 Å². The molecule has 1 fully saturated rings. The summed E-state index contributed by atoms with van der Waals surface area (Å²) in [6.45, 7) is 0.897. The zero-order valence-corrected chi connectivity index (χ0v) is 10.6. The molecule has 0 bridgehead atoms. The second kappa shape index (κ2) is 5.59. The maximum absolute atomic E-state index is 5.90. The Kier molecular flexibility index (Phi) is 4.12. The van der Waals surface area contributed by atoms with Crippen molar-refractivity contribution in [1.29, 1.82) is 0 Å². The molecule has 0 spiro atoms.